The minimum Gasteiger partial charge on any atom is -0.376 e. The van der Waals surface area contributed by atoms with Gasteiger partial charge >= 0.3 is 0 Å². The van der Waals surface area contributed by atoms with Crippen LogP contribution in [0.3, 0.4) is 0 Å². The van der Waals surface area contributed by atoms with Crippen LogP contribution in [0.4, 0.5) is 5.13 Å². The summed E-state index contributed by atoms with van der Waals surface area (Å²) in [6.45, 7) is 5.89. The first-order chi connectivity index (χ1) is 16.8. The highest BCUT2D eigenvalue weighted by Crippen LogP contribution is 2.34. The van der Waals surface area contributed by atoms with Crippen LogP contribution in [0.15, 0.2) is 47.4 Å². The molecule has 2 aromatic carbocycles. The maximum atomic E-state index is 13.6. The molecule has 0 N–H and O–H groups in total. The van der Waals surface area contributed by atoms with E-state index >= 15 is 0 Å². The number of aromatic nitrogens is 1. The highest BCUT2D eigenvalue weighted by atomic mass is 35.5. The van der Waals surface area contributed by atoms with E-state index in [0.717, 1.165) is 30.4 Å². The molecule has 3 aromatic rings. The molecule has 1 aliphatic heterocycles. The molecule has 1 saturated heterocycles. The fourth-order valence-electron chi connectivity index (χ4n) is 4.18. The molecule has 1 aromatic heterocycles. The van der Waals surface area contributed by atoms with Crippen molar-refractivity contribution < 1.29 is 17.9 Å². The predicted molar refractivity (Wildman–Crippen MR) is 141 cm³/mol. The fourth-order valence-corrected chi connectivity index (χ4v) is 7.08. The minimum absolute atomic E-state index is 0.0715. The first-order valence-electron chi connectivity index (χ1n) is 11.9. The largest absolute Gasteiger partial charge is 0.376 e. The topological polar surface area (TPSA) is 79.8 Å². The van der Waals surface area contributed by atoms with Gasteiger partial charge in [-0.25, -0.2) is 13.4 Å². The summed E-state index contributed by atoms with van der Waals surface area (Å²) in [6.07, 6.45) is 3.23. The van der Waals surface area contributed by atoms with Gasteiger partial charge in [-0.1, -0.05) is 42.9 Å². The van der Waals surface area contributed by atoms with Crippen molar-refractivity contribution in [2.75, 3.05) is 31.1 Å². The zero-order chi connectivity index (χ0) is 25.0. The van der Waals surface area contributed by atoms with Crippen molar-refractivity contribution in [1.29, 1.82) is 0 Å². The molecule has 35 heavy (non-hydrogen) atoms. The van der Waals surface area contributed by atoms with Gasteiger partial charge in [0.25, 0.3) is 5.91 Å². The summed E-state index contributed by atoms with van der Waals surface area (Å²) in [7, 11) is -3.62. The van der Waals surface area contributed by atoms with Crippen LogP contribution in [0, 0.1) is 0 Å². The van der Waals surface area contributed by atoms with E-state index < -0.39 is 10.0 Å². The second kappa shape index (κ2) is 11.3. The van der Waals surface area contributed by atoms with E-state index in [4.69, 9.17) is 16.3 Å². The van der Waals surface area contributed by atoms with Crippen LogP contribution in [-0.4, -0.2) is 56.0 Å². The molecule has 0 radical (unpaired) electrons. The van der Waals surface area contributed by atoms with Gasteiger partial charge in [0.05, 0.1) is 27.3 Å². The monoisotopic (exact) mass is 535 g/mol. The van der Waals surface area contributed by atoms with E-state index in [1.807, 2.05) is 26.0 Å². The van der Waals surface area contributed by atoms with Crippen molar-refractivity contribution in [3.63, 3.8) is 0 Å². The third-order valence-electron chi connectivity index (χ3n) is 5.93. The van der Waals surface area contributed by atoms with Gasteiger partial charge in [0.15, 0.2) is 5.13 Å². The summed E-state index contributed by atoms with van der Waals surface area (Å²) >= 11 is 7.73. The molecular weight excluding hydrogens is 506 g/mol. The van der Waals surface area contributed by atoms with Crippen LogP contribution >= 0.6 is 22.9 Å². The number of hydrogen-bond donors (Lipinski definition) is 0. The van der Waals surface area contributed by atoms with Crippen LogP contribution in [0.1, 0.15) is 49.9 Å². The number of carbonyl (C=O) groups excluding carboxylic acids is 1. The predicted octanol–water partition coefficient (Wildman–Crippen LogP) is 5.59. The summed E-state index contributed by atoms with van der Waals surface area (Å²) in [5.41, 5.74) is 1.05. The quantitative estimate of drug-likeness (QED) is 0.338. The summed E-state index contributed by atoms with van der Waals surface area (Å²) in [4.78, 5) is 20.1. The maximum Gasteiger partial charge on any atom is 0.260 e. The lowest BCUT2D eigenvalue weighted by Gasteiger charge is -2.23. The van der Waals surface area contributed by atoms with Gasteiger partial charge < -0.3 is 4.74 Å². The maximum absolute atomic E-state index is 13.6. The zero-order valence-corrected chi connectivity index (χ0v) is 22.3. The number of halogens is 1. The summed E-state index contributed by atoms with van der Waals surface area (Å²) in [6, 6.07) is 11.7. The van der Waals surface area contributed by atoms with Crippen molar-refractivity contribution in [1.82, 2.24) is 9.29 Å². The molecule has 0 saturated carbocycles. The molecule has 7 nitrogen and oxygen atoms in total. The van der Waals surface area contributed by atoms with Gasteiger partial charge in [-0.2, -0.15) is 4.31 Å². The van der Waals surface area contributed by atoms with E-state index in [0.29, 0.717) is 47.5 Å². The first kappa shape index (κ1) is 26.0. The normalized spacial score (nSPS) is 16.3. The number of amides is 1. The molecule has 1 amide bonds. The molecule has 4 rings (SSSR count). The standard InChI is InChI=1S/C25H30ClN3O4S2/c1-3-14-28(15-4-2)35(31,32)20-12-10-18(11-13-20)24(30)29(17-19-7-6-16-33-19)25-27-23-21(26)8-5-9-22(23)34-25/h5,8-13,19H,3-4,6-7,14-17H2,1-2H3. The van der Waals surface area contributed by atoms with E-state index in [-0.39, 0.29) is 16.9 Å². The Labute approximate surface area is 215 Å². The third kappa shape index (κ3) is 5.70. The van der Waals surface area contributed by atoms with Crippen LogP contribution in [0.2, 0.25) is 5.02 Å². The third-order valence-corrected chi connectivity index (χ3v) is 9.19. The number of rotatable bonds is 10. The Bertz CT molecular complexity index is 1270. The second-order valence-electron chi connectivity index (χ2n) is 8.56. The summed E-state index contributed by atoms with van der Waals surface area (Å²) in [5.74, 6) is -0.251. The molecule has 2 heterocycles. The summed E-state index contributed by atoms with van der Waals surface area (Å²) < 4.78 is 34.4. The van der Waals surface area contributed by atoms with Crippen LogP contribution in [-0.2, 0) is 14.8 Å². The fraction of sp³-hybridized carbons (Fsp3) is 0.440. The Morgan fingerprint density at radius 3 is 2.46 bits per heavy atom. The number of fused-ring (bicyclic) bond motifs is 1. The molecule has 188 valence electrons. The van der Waals surface area contributed by atoms with Gasteiger partial charge in [-0.15, -0.1) is 0 Å². The number of benzene rings is 2. The van der Waals surface area contributed by atoms with Crippen LogP contribution in [0.25, 0.3) is 10.2 Å². The number of nitrogens with zero attached hydrogens (tertiary/aromatic N) is 3. The first-order valence-corrected chi connectivity index (χ1v) is 14.6. The lowest BCUT2D eigenvalue weighted by molar-refractivity contribution is 0.0917. The van der Waals surface area contributed by atoms with Crippen molar-refractivity contribution in [2.24, 2.45) is 0 Å². The van der Waals surface area contributed by atoms with Gasteiger partial charge in [0.2, 0.25) is 10.0 Å². The minimum atomic E-state index is -3.62. The zero-order valence-electron chi connectivity index (χ0n) is 19.9. The number of para-hydroxylation sites is 1. The lowest BCUT2D eigenvalue weighted by atomic mass is 10.2. The molecule has 1 fully saturated rings. The van der Waals surface area contributed by atoms with Gasteiger partial charge in [0, 0.05) is 25.3 Å². The highest BCUT2D eigenvalue weighted by molar-refractivity contribution is 7.89. The number of anilines is 1. The molecule has 0 bridgehead atoms. The Morgan fingerprint density at radius 2 is 1.86 bits per heavy atom. The van der Waals surface area contributed by atoms with Crippen molar-refractivity contribution in [3.05, 3.63) is 53.1 Å². The average Bonchev–Trinajstić information content (AvgIpc) is 3.52. The van der Waals surface area contributed by atoms with Crippen molar-refractivity contribution in [2.45, 2.75) is 50.5 Å². The van der Waals surface area contributed by atoms with Gasteiger partial charge in [-0.05, 0) is 62.1 Å². The Hall–Kier alpha value is -2.04. The smallest absolute Gasteiger partial charge is 0.260 e. The molecular formula is C25H30ClN3O4S2. The van der Waals surface area contributed by atoms with E-state index in [2.05, 4.69) is 4.98 Å². The van der Waals surface area contributed by atoms with E-state index in [1.54, 1.807) is 23.1 Å². The van der Waals surface area contributed by atoms with Crippen LogP contribution in [0.5, 0.6) is 0 Å². The van der Waals surface area contributed by atoms with Crippen LogP contribution < -0.4 is 4.90 Å². The Balaban J connectivity index is 1.64. The second-order valence-corrected chi connectivity index (χ2v) is 11.9. The summed E-state index contributed by atoms with van der Waals surface area (Å²) in [5, 5.41) is 1.08. The van der Waals surface area contributed by atoms with Gasteiger partial charge in [-0.3, -0.25) is 9.69 Å². The molecule has 0 spiro atoms. The number of sulfonamides is 1. The van der Waals surface area contributed by atoms with Crippen molar-refractivity contribution >= 4 is 54.2 Å². The van der Waals surface area contributed by atoms with Crippen molar-refractivity contribution in [3.8, 4) is 0 Å². The Morgan fingerprint density at radius 1 is 1.14 bits per heavy atom. The molecule has 0 aliphatic carbocycles. The van der Waals surface area contributed by atoms with E-state index in [9.17, 15) is 13.2 Å². The Kier molecular flexibility index (Phi) is 8.44. The molecule has 1 unspecified atom stereocenters. The highest BCUT2D eigenvalue weighted by Gasteiger charge is 2.28. The number of ether oxygens (including phenoxy) is 1. The number of carbonyl (C=O) groups is 1. The average molecular weight is 536 g/mol. The number of thiazole rings is 1. The number of hydrogen-bond acceptors (Lipinski definition) is 6. The SMILES string of the molecule is CCCN(CCC)S(=O)(=O)c1ccc(C(=O)N(CC2CCCO2)c2nc3c(Cl)cccc3s2)cc1. The lowest BCUT2D eigenvalue weighted by Crippen LogP contribution is -2.37. The molecule has 1 atom stereocenters. The van der Waals surface area contributed by atoms with E-state index in [1.165, 1.54) is 27.8 Å². The molecule has 10 heteroatoms. The van der Waals surface area contributed by atoms with Gasteiger partial charge in [0.1, 0.15) is 5.52 Å². The molecule has 1 aliphatic rings.